The van der Waals surface area contributed by atoms with Gasteiger partial charge >= 0.3 is 17.6 Å². The maximum absolute atomic E-state index is 13.5. The number of rotatable bonds is 18. The highest BCUT2D eigenvalue weighted by Crippen LogP contribution is 2.48. The van der Waals surface area contributed by atoms with Crippen molar-refractivity contribution in [3.05, 3.63) is 129 Å². The number of carbonyl (C=O) groups is 2. The summed E-state index contributed by atoms with van der Waals surface area (Å²) in [7, 11) is 0.373. The molecule has 0 spiro atoms. The molecule has 5 rings (SSSR count). The number of ether oxygens (including phenoxy) is 5. The van der Waals surface area contributed by atoms with Gasteiger partial charge in [-0.3, -0.25) is 23.9 Å². The summed E-state index contributed by atoms with van der Waals surface area (Å²) in [6, 6.07) is 25.9. The number of esters is 1. The number of nitrogens with one attached hydrogen (secondary N) is 1. The van der Waals surface area contributed by atoms with Crippen LogP contribution >= 0.6 is 0 Å². The Morgan fingerprint density at radius 1 is 0.772 bits per heavy atom. The van der Waals surface area contributed by atoms with Gasteiger partial charge < -0.3 is 33.2 Å². The average Bonchev–Trinajstić information content (AvgIpc) is 3.51. The predicted octanol–water partition coefficient (Wildman–Crippen LogP) is 6.80. The fourth-order valence-electron chi connectivity index (χ4n) is 8.31. The first-order chi connectivity index (χ1) is 27.2. The second-order valence-electron chi connectivity index (χ2n) is 15.1. The van der Waals surface area contributed by atoms with Crippen molar-refractivity contribution in [3.8, 4) is 11.5 Å². The molecule has 306 valence electrons. The number of hydrogen-bond donors (Lipinski definition) is 2. The number of carboxylic acid groups (broad SMARTS) is 1. The molecule has 0 aliphatic carbocycles. The Morgan fingerprint density at radius 2 is 1.30 bits per heavy atom. The second-order valence-corrected chi connectivity index (χ2v) is 20.6. The molecule has 2 heterocycles. The monoisotopic (exact) mass is 802 g/mol. The first-order valence-corrected chi connectivity index (χ1v) is 21.4. The van der Waals surface area contributed by atoms with Gasteiger partial charge in [-0.2, -0.15) is 0 Å². The Bertz CT molecular complexity index is 1990. The van der Waals surface area contributed by atoms with E-state index >= 15 is 0 Å². The van der Waals surface area contributed by atoms with Crippen molar-refractivity contribution in [3.63, 3.8) is 0 Å². The van der Waals surface area contributed by atoms with Crippen LogP contribution in [0.5, 0.6) is 11.5 Å². The van der Waals surface area contributed by atoms with Gasteiger partial charge in [-0.25, -0.2) is 4.79 Å². The zero-order chi connectivity index (χ0) is 41.5. The standard InChI is InChI=1S/C43H54N2O11Si/c1-27(2)57(28(3)4,29(5)6)56-40-39(55-38(49)23-22-37(47)48)35(54-41(40)45-25-24-36(46)44-42(45)50)26-53-43(30-12-10-9-11-13-30,31-14-18-33(51-7)19-15-31)32-16-20-34(52-8)21-17-32/h9-21,24-25,27-29,35,39-41H,22-23,26H2,1-8H3,(H,47,48)(H,44,46,50)/t35-,39-,40-,41-/m1/s1. The van der Waals surface area contributed by atoms with Crippen LogP contribution in [0.2, 0.25) is 16.6 Å². The van der Waals surface area contributed by atoms with E-state index in [4.69, 9.17) is 28.1 Å². The van der Waals surface area contributed by atoms with E-state index in [1.165, 1.54) is 16.8 Å². The molecule has 0 unspecified atom stereocenters. The van der Waals surface area contributed by atoms with E-state index < -0.39 is 74.5 Å². The third-order valence-corrected chi connectivity index (χ3v) is 17.0. The normalized spacial score (nSPS) is 18.6. The van der Waals surface area contributed by atoms with E-state index in [0.29, 0.717) is 11.5 Å². The molecule has 0 bridgehead atoms. The largest absolute Gasteiger partial charge is 0.497 e. The lowest BCUT2D eigenvalue weighted by atomic mass is 9.80. The van der Waals surface area contributed by atoms with E-state index in [2.05, 4.69) is 46.5 Å². The number of aromatic amines is 1. The fraction of sp³-hybridized carbons (Fsp3) is 0.442. The number of hydrogen-bond acceptors (Lipinski definition) is 10. The molecule has 0 radical (unpaired) electrons. The number of aliphatic carboxylic acids is 1. The summed E-state index contributed by atoms with van der Waals surface area (Å²) in [6.07, 6.45) is -3.96. The summed E-state index contributed by atoms with van der Waals surface area (Å²) in [4.78, 5) is 53.1. The van der Waals surface area contributed by atoms with Crippen molar-refractivity contribution in [1.29, 1.82) is 0 Å². The summed E-state index contributed by atoms with van der Waals surface area (Å²) >= 11 is 0. The molecular formula is C43H54N2O11Si. The van der Waals surface area contributed by atoms with Crippen LogP contribution in [0.4, 0.5) is 0 Å². The molecule has 14 heteroatoms. The van der Waals surface area contributed by atoms with Crippen LogP contribution in [0.3, 0.4) is 0 Å². The number of nitrogens with zero attached hydrogens (tertiary/aromatic N) is 1. The van der Waals surface area contributed by atoms with Gasteiger partial charge in [-0.15, -0.1) is 0 Å². The predicted molar refractivity (Wildman–Crippen MR) is 216 cm³/mol. The number of benzene rings is 3. The first-order valence-electron chi connectivity index (χ1n) is 19.2. The lowest BCUT2D eigenvalue weighted by Crippen LogP contribution is -2.54. The highest BCUT2D eigenvalue weighted by molar-refractivity contribution is 6.77. The molecule has 0 saturated carbocycles. The molecule has 4 aromatic rings. The van der Waals surface area contributed by atoms with Gasteiger partial charge in [0.15, 0.2) is 12.3 Å². The van der Waals surface area contributed by atoms with Crippen molar-refractivity contribution in [2.24, 2.45) is 0 Å². The van der Waals surface area contributed by atoms with E-state index in [9.17, 15) is 24.3 Å². The summed E-state index contributed by atoms with van der Waals surface area (Å²) in [6.45, 7) is 12.4. The summed E-state index contributed by atoms with van der Waals surface area (Å²) in [5.41, 5.74) is -0.0825. The quantitative estimate of drug-likeness (QED) is 0.0618. The zero-order valence-corrected chi connectivity index (χ0v) is 34.8. The molecule has 3 aromatic carbocycles. The van der Waals surface area contributed by atoms with Gasteiger partial charge in [0.2, 0.25) is 8.32 Å². The molecular weight excluding hydrogens is 749 g/mol. The minimum absolute atomic E-state index is 0.0833. The van der Waals surface area contributed by atoms with Crippen LogP contribution < -0.4 is 20.7 Å². The van der Waals surface area contributed by atoms with E-state index in [1.807, 2.05) is 78.9 Å². The molecule has 57 heavy (non-hydrogen) atoms. The van der Waals surface area contributed by atoms with Gasteiger partial charge in [0.1, 0.15) is 29.3 Å². The van der Waals surface area contributed by atoms with Crippen molar-refractivity contribution < 1.29 is 42.8 Å². The van der Waals surface area contributed by atoms with Gasteiger partial charge in [0.05, 0.1) is 33.7 Å². The van der Waals surface area contributed by atoms with Crippen LogP contribution in [-0.2, 0) is 33.8 Å². The maximum atomic E-state index is 13.5. The van der Waals surface area contributed by atoms with Crippen LogP contribution in [0.1, 0.15) is 77.3 Å². The van der Waals surface area contributed by atoms with Crippen molar-refractivity contribution >= 4 is 20.3 Å². The number of carbonyl (C=O) groups excluding carboxylic acids is 1. The van der Waals surface area contributed by atoms with Crippen LogP contribution in [-0.4, -0.2) is 74.1 Å². The third-order valence-electron chi connectivity index (χ3n) is 10.9. The minimum Gasteiger partial charge on any atom is -0.497 e. The zero-order valence-electron chi connectivity index (χ0n) is 33.8. The SMILES string of the molecule is COc1ccc(C(OC[C@H]2O[C@@H](n3ccc(=O)[nH]c3=O)[C@H](O[Si](C(C)C)(C(C)C)C(C)C)[C@@H]2OC(=O)CCC(=O)O)(c2ccccc2)c2ccc(OC)cc2)cc1. The van der Waals surface area contributed by atoms with E-state index in [1.54, 1.807) is 14.2 Å². The Kier molecular flexibility index (Phi) is 14.0. The molecule has 0 amide bonds. The molecule has 1 fully saturated rings. The summed E-state index contributed by atoms with van der Waals surface area (Å²) < 4.78 is 39.7. The molecule has 2 N–H and O–H groups in total. The van der Waals surface area contributed by atoms with Crippen molar-refractivity contribution in [2.75, 3.05) is 20.8 Å². The van der Waals surface area contributed by atoms with Gasteiger partial charge in [-0.1, -0.05) is 96.1 Å². The van der Waals surface area contributed by atoms with E-state index in [0.717, 1.165) is 16.7 Å². The van der Waals surface area contributed by atoms with E-state index in [-0.39, 0.29) is 23.2 Å². The lowest BCUT2D eigenvalue weighted by molar-refractivity contribution is -0.160. The Balaban J connectivity index is 1.70. The second kappa shape index (κ2) is 18.5. The molecule has 1 saturated heterocycles. The van der Waals surface area contributed by atoms with Crippen LogP contribution in [0.15, 0.2) is 101 Å². The van der Waals surface area contributed by atoms with Crippen molar-refractivity contribution in [2.45, 2.75) is 101 Å². The molecule has 1 aliphatic rings. The fourth-order valence-corrected chi connectivity index (χ4v) is 13.8. The maximum Gasteiger partial charge on any atom is 0.330 e. The van der Waals surface area contributed by atoms with Gasteiger partial charge in [-0.05, 0) is 57.6 Å². The smallest absolute Gasteiger partial charge is 0.330 e. The lowest BCUT2D eigenvalue weighted by Gasteiger charge is -2.45. The first kappa shape index (κ1) is 43.1. The van der Waals surface area contributed by atoms with Crippen LogP contribution in [0, 0.1) is 0 Å². The van der Waals surface area contributed by atoms with Gasteiger partial charge in [0, 0.05) is 12.3 Å². The topological polar surface area (TPSA) is 165 Å². The number of aromatic nitrogens is 2. The number of carboxylic acids is 1. The van der Waals surface area contributed by atoms with Crippen LogP contribution in [0.25, 0.3) is 0 Å². The Labute approximate surface area is 334 Å². The molecule has 4 atom stereocenters. The molecule has 1 aliphatic heterocycles. The Morgan fingerprint density at radius 3 is 1.77 bits per heavy atom. The van der Waals surface area contributed by atoms with Gasteiger partial charge in [0.25, 0.3) is 5.56 Å². The van der Waals surface area contributed by atoms with Crippen molar-refractivity contribution in [1.82, 2.24) is 9.55 Å². The highest BCUT2D eigenvalue weighted by atomic mass is 28.4. The average molecular weight is 803 g/mol. The highest BCUT2D eigenvalue weighted by Gasteiger charge is 2.56. The summed E-state index contributed by atoms with van der Waals surface area (Å²) in [5.74, 6) is -0.641. The molecule has 13 nitrogen and oxygen atoms in total. The number of H-pyrrole nitrogens is 1. The Hall–Kier alpha value is -5.02. The summed E-state index contributed by atoms with van der Waals surface area (Å²) in [5, 5.41) is 9.42. The molecule has 1 aromatic heterocycles. The minimum atomic E-state index is -2.81. The third kappa shape index (κ3) is 9.09. The number of methoxy groups -OCH3 is 2.